The monoisotopic (exact) mass is 434 g/mol. The molecule has 0 aliphatic heterocycles. The summed E-state index contributed by atoms with van der Waals surface area (Å²) in [5.41, 5.74) is 6.29. The van der Waals surface area contributed by atoms with Crippen molar-refractivity contribution < 1.29 is 9.53 Å². The molecule has 0 spiro atoms. The van der Waals surface area contributed by atoms with Gasteiger partial charge < -0.3 is 15.0 Å². The molecule has 162 valence electrons. The molecule has 5 rings (SSSR count). The zero-order valence-electron chi connectivity index (χ0n) is 17.9. The van der Waals surface area contributed by atoms with Crippen LogP contribution in [-0.2, 0) is 4.74 Å². The summed E-state index contributed by atoms with van der Waals surface area (Å²) >= 11 is 0. The van der Waals surface area contributed by atoms with E-state index < -0.39 is 6.09 Å². The van der Waals surface area contributed by atoms with Crippen molar-refractivity contribution in [2.24, 2.45) is 0 Å². The van der Waals surface area contributed by atoms with Gasteiger partial charge in [0.05, 0.1) is 0 Å². The first-order valence-corrected chi connectivity index (χ1v) is 10.9. The van der Waals surface area contributed by atoms with Gasteiger partial charge in [0.15, 0.2) is 5.43 Å². The summed E-state index contributed by atoms with van der Waals surface area (Å²) < 4.78 is 5.53. The van der Waals surface area contributed by atoms with E-state index in [1.165, 1.54) is 28.3 Å². The van der Waals surface area contributed by atoms with Gasteiger partial charge in [0, 0.05) is 47.6 Å². The molecule has 4 aromatic rings. The second-order valence-corrected chi connectivity index (χ2v) is 7.91. The molecule has 1 aliphatic rings. The molecule has 1 amide bonds. The molecule has 2 N–H and O–H groups in total. The zero-order valence-corrected chi connectivity index (χ0v) is 17.9. The number of aromatic nitrogens is 1. The third kappa shape index (κ3) is 4.24. The summed E-state index contributed by atoms with van der Waals surface area (Å²) in [6.07, 6.45) is 1.66. The summed E-state index contributed by atoms with van der Waals surface area (Å²) in [4.78, 5) is 27.2. The Bertz CT molecular complexity index is 1410. The van der Waals surface area contributed by atoms with Gasteiger partial charge in [-0.05, 0) is 40.5 Å². The van der Waals surface area contributed by atoms with Crippen molar-refractivity contribution in [1.82, 2.24) is 10.3 Å². The highest BCUT2D eigenvalue weighted by Gasteiger charge is 2.28. The highest BCUT2D eigenvalue weighted by Crippen LogP contribution is 2.44. The maximum Gasteiger partial charge on any atom is 0.407 e. The van der Waals surface area contributed by atoms with E-state index in [4.69, 9.17) is 4.74 Å². The summed E-state index contributed by atoms with van der Waals surface area (Å²) in [7, 11) is 0. The standard InChI is InChI=1S/C28H22N2O3/c31-27-14-16-29-26-13-12-19(17-24(26)27)7-5-6-15-30-28(32)33-18-25-22-10-3-1-8-20(22)21-9-2-4-11-23(21)25/h1-4,8-14,16-17,25H,6,15,18H2,(H,29,31)(H,30,32). The third-order valence-electron chi connectivity index (χ3n) is 5.85. The van der Waals surface area contributed by atoms with Crippen molar-refractivity contribution >= 4 is 17.0 Å². The minimum Gasteiger partial charge on any atom is -0.449 e. The van der Waals surface area contributed by atoms with Crippen molar-refractivity contribution in [3.05, 3.63) is 106 Å². The number of alkyl carbamates (subject to hydrolysis) is 1. The number of rotatable bonds is 4. The van der Waals surface area contributed by atoms with Crippen molar-refractivity contribution in [2.75, 3.05) is 13.2 Å². The van der Waals surface area contributed by atoms with E-state index in [0.717, 1.165) is 11.1 Å². The van der Waals surface area contributed by atoms with Gasteiger partial charge in [0.25, 0.3) is 0 Å². The van der Waals surface area contributed by atoms with E-state index in [0.29, 0.717) is 18.4 Å². The van der Waals surface area contributed by atoms with E-state index in [2.05, 4.69) is 46.4 Å². The zero-order chi connectivity index (χ0) is 22.6. The van der Waals surface area contributed by atoms with Crippen LogP contribution in [0.4, 0.5) is 4.79 Å². The van der Waals surface area contributed by atoms with Crippen molar-refractivity contribution in [3.63, 3.8) is 0 Å². The van der Waals surface area contributed by atoms with E-state index in [1.54, 1.807) is 12.3 Å². The Morgan fingerprint density at radius 2 is 1.70 bits per heavy atom. The van der Waals surface area contributed by atoms with E-state index in [-0.39, 0.29) is 18.0 Å². The van der Waals surface area contributed by atoms with Crippen LogP contribution in [-0.4, -0.2) is 24.2 Å². The van der Waals surface area contributed by atoms with Gasteiger partial charge >= 0.3 is 6.09 Å². The van der Waals surface area contributed by atoms with Crippen LogP contribution < -0.4 is 10.7 Å². The van der Waals surface area contributed by atoms with Gasteiger partial charge in [-0.3, -0.25) is 4.79 Å². The Hall–Kier alpha value is -4.30. The van der Waals surface area contributed by atoms with Crippen LogP contribution in [0.1, 0.15) is 29.0 Å². The maximum atomic E-state index is 12.2. The van der Waals surface area contributed by atoms with Crippen LogP contribution in [0, 0.1) is 11.8 Å². The first-order chi connectivity index (χ1) is 16.2. The number of nitrogens with one attached hydrogen (secondary N) is 2. The molecule has 5 nitrogen and oxygen atoms in total. The lowest BCUT2D eigenvalue weighted by atomic mass is 9.98. The molecule has 1 aromatic heterocycles. The number of hydrogen-bond donors (Lipinski definition) is 2. The van der Waals surface area contributed by atoms with E-state index >= 15 is 0 Å². The average Bonchev–Trinajstić information content (AvgIpc) is 3.17. The minimum atomic E-state index is -0.448. The number of H-pyrrole nitrogens is 1. The Morgan fingerprint density at radius 1 is 0.970 bits per heavy atom. The lowest BCUT2D eigenvalue weighted by Crippen LogP contribution is -2.26. The fourth-order valence-corrected chi connectivity index (χ4v) is 4.29. The largest absolute Gasteiger partial charge is 0.449 e. The Morgan fingerprint density at radius 3 is 2.45 bits per heavy atom. The molecule has 0 bridgehead atoms. The predicted octanol–water partition coefficient (Wildman–Crippen LogP) is 4.81. The minimum absolute atomic E-state index is 0.0377. The second kappa shape index (κ2) is 9.05. The first-order valence-electron chi connectivity index (χ1n) is 10.9. The molecule has 3 aromatic carbocycles. The highest BCUT2D eigenvalue weighted by atomic mass is 16.5. The second-order valence-electron chi connectivity index (χ2n) is 7.91. The Labute approximate surface area is 191 Å². The van der Waals surface area contributed by atoms with Crippen LogP contribution in [0.2, 0.25) is 0 Å². The molecule has 33 heavy (non-hydrogen) atoms. The van der Waals surface area contributed by atoms with Crippen molar-refractivity contribution in [3.8, 4) is 23.0 Å². The summed E-state index contributed by atoms with van der Waals surface area (Å²) in [5.74, 6) is 6.11. The Kier molecular flexibility index (Phi) is 5.65. The predicted molar refractivity (Wildman–Crippen MR) is 129 cm³/mol. The van der Waals surface area contributed by atoms with Gasteiger partial charge in [-0.25, -0.2) is 4.79 Å². The van der Waals surface area contributed by atoms with Crippen LogP contribution >= 0.6 is 0 Å². The molecule has 0 fully saturated rings. The number of aromatic amines is 1. The molecular weight excluding hydrogens is 412 g/mol. The number of fused-ring (bicyclic) bond motifs is 4. The van der Waals surface area contributed by atoms with Gasteiger partial charge in [-0.15, -0.1) is 0 Å². The summed E-state index contributed by atoms with van der Waals surface area (Å²) in [6, 6.07) is 23.5. The van der Waals surface area contributed by atoms with Crippen LogP contribution in [0.5, 0.6) is 0 Å². The highest BCUT2D eigenvalue weighted by molar-refractivity contribution is 5.80. The molecule has 0 saturated heterocycles. The molecule has 0 radical (unpaired) electrons. The van der Waals surface area contributed by atoms with Crippen LogP contribution in [0.15, 0.2) is 83.8 Å². The van der Waals surface area contributed by atoms with Gasteiger partial charge in [0.2, 0.25) is 0 Å². The lowest BCUT2D eigenvalue weighted by Gasteiger charge is -2.14. The fourth-order valence-electron chi connectivity index (χ4n) is 4.29. The van der Waals surface area contributed by atoms with E-state index in [1.807, 2.05) is 36.4 Å². The molecule has 5 heteroatoms. The molecule has 1 heterocycles. The van der Waals surface area contributed by atoms with Crippen LogP contribution in [0.25, 0.3) is 22.0 Å². The fraction of sp³-hybridized carbons (Fsp3) is 0.143. The molecule has 0 atom stereocenters. The normalized spacial score (nSPS) is 11.9. The summed E-state index contributed by atoms with van der Waals surface area (Å²) in [6.45, 7) is 0.676. The third-order valence-corrected chi connectivity index (χ3v) is 5.85. The van der Waals surface area contributed by atoms with E-state index in [9.17, 15) is 9.59 Å². The lowest BCUT2D eigenvalue weighted by molar-refractivity contribution is 0.143. The number of benzene rings is 3. The van der Waals surface area contributed by atoms with Crippen molar-refractivity contribution in [1.29, 1.82) is 0 Å². The maximum absolute atomic E-state index is 12.2. The van der Waals surface area contributed by atoms with Crippen LogP contribution in [0.3, 0.4) is 0 Å². The summed E-state index contributed by atoms with van der Waals surface area (Å²) in [5, 5.41) is 3.37. The number of ether oxygens (including phenoxy) is 1. The molecule has 0 unspecified atom stereocenters. The van der Waals surface area contributed by atoms with Gasteiger partial charge in [-0.1, -0.05) is 60.4 Å². The quantitative estimate of drug-likeness (QED) is 0.358. The molecular formula is C28H22N2O3. The first kappa shape index (κ1) is 20.6. The number of hydrogen-bond acceptors (Lipinski definition) is 3. The number of pyridine rings is 1. The number of amides is 1. The molecule has 0 saturated carbocycles. The molecule has 1 aliphatic carbocycles. The smallest absolute Gasteiger partial charge is 0.407 e. The number of carbonyl (C=O) groups is 1. The van der Waals surface area contributed by atoms with Crippen molar-refractivity contribution in [2.45, 2.75) is 12.3 Å². The Balaban J connectivity index is 1.15. The van der Waals surface area contributed by atoms with Gasteiger partial charge in [0.1, 0.15) is 6.61 Å². The SMILES string of the molecule is O=C(NCCC#Cc1ccc2[nH]ccc(=O)c2c1)OCC1c2ccccc2-c2ccccc21. The topological polar surface area (TPSA) is 71.2 Å². The van der Waals surface area contributed by atoms with Gasteiger partial charge in [-0.2, -0.15) is 0 Å². The average molecular weight is 434 g/mol. The number of carbonyl (C=O) groups excluding carboxylic acids is 1.